The van der Waals surface area contributed by atoms with Crippen molar-refractivity contribution in [3.8, 4) is 10.6 Å². The molecule has 4 aromatic rings. The summed E-state index contributed by atoms with van der Waals surface area (Å²) in [4.78, 5) is 29.0. The van der Waals surface area contributed by atoms with E-state index in [0.717, 1.165) is 51.1 Å². The number of aromatic nitrogens is 3. The van der Waals surface area contributed by atoms with Gasteiger partial charge in [-0.3, -0.25) is 4.90 Å². The van der Waals surface area contributed by atoms with Gasteiger partial charge in [0.15, 0.2) is 5.13 Å². The molecule has 1 saturated heterocycles. The van der Waals surface area contributed by atoms with Crippen molar-refractivity contribution < 1.29 is 9.15 Å². The van der Waals surface area contributed by atoms with E-state index < -0.39 is 0 Å². The maximum absolute atomic E-state index is 12.2. The van der Waals surface area contributed by atoms with E-state index in [1.54, 1.807) is 23.6 Å². The molecule has 10 heteroatoms. The van der Waals surface area contributed by atoms with E-state index in [0.29, 0.717) is 31.3 Å². The second-order valence-corrected chi connectivity index (χ2v) is 8.76. The largest absolute Gasteiger partial charge is 0.423 e. The minimum atomic E-state index is -0.359. The van der Waals surface area contributed by atoms with Crippen LogP contribution in [0.25, 0.3) is 21.5 Å². The molecule has 0 radical (unpaired) electrons. The molecule has 1 aliphatic rings. The van der Waals surface area contributed by atoms with Crippen molar-refractivity contribution >= 4 is 39.1 Å². The van der Waals surface area contributed by atoms with Crippen LogP contribution in [-0.2, 0) is 11.3 Å². The Balaban J connectivity index is 1.41. The van der Waals surface area contributed by atoms with Crippen molar-refractivity contribution in [2.45, 2.75) is 13.5 Å². The van der Waals surface area contributed by atoms with Gasteiger partial charge in [-0.15, -0.1) is 0 Å². The van der Waals surface area contributed by atoms with E-state index >= 15 is 0 Å². The molecule has 4 heterocycles. The summed E-state index contributed by atoms with van der Waals surface area (Å²) in [5, 5.41) is 8.05. The standard InChI is InChI=1S/C23H24N6O3S/c1-14-21(33-23(24-2)26-14)18-5-6-25-22(28-18)27-16-3-4-17-15(11-20(30)32-19(17)12-16)13-29-7-9-31-10-8-29/h3-6,11-12H,7-10,13H2,1-2H3,(H,24,26)(H,25,27,28). The number of hydrogen-bond acceptors (Lipinski definition) is 10. The van der Waals surface area contributed by atoms with E-state index in [2.05, 4.69) is 30.5 Å². The number of ether oxygens (including phenoxy) is 1. The number of morpholine rings is 1. The molecule has 0 spiro atoms. The molecule has 0 aliphatic carbocycles. The van der Waals surface area contributed by atoms with Crippen molar-refractivity contribution in [3.05, 3.63) is 58.2 Å². The second kappa shape index (κ2) is 9.26. The molecule has 1 fully saturated rings. The van der Waals surface area contributed by atoms with Gasteiger partial charge in [0.2, 0.25) is 5.95 Å². The Morgan fingerprint density at radius 2 is 2.00 bits per heavy atom. The molecule has 5 rings (SSSR count). The zero-order chi connectivity index (χ0) is 22.8. The third-order valence-corrected chi connectivity index (χ3v) is 6.68. The maximum atomic E-state index is 12.2. The van der Waals surface area contributed by atoms with Gasteiger partial charge in [0.05, 0.1) is 29.5 Å². The number of aryl methyl sites for hydroxylation is 1. The second-order valence-electron chi connectivity index (χ2n) is 7.76. The Bertz CT molecular complexity index is 1350. The first kappa shape index (κ1) is 21.5. The number of benzene rings is 1. The molecular weight excluding hydrogens is 440 g/mol. The van der Waals surface area contributed by atoms with Crippen LogP contribution in [0.1, 0.15) is 11.3 Å². The number of anilines is 3. The first-order chi connectivity index (χ1) is 16.1. The quantitative estimate of drug-likeness (QED) is 0.414. The third kappa shape index (κ3) is 4.72. The van der Waals surface area contributed by atoms with Crippen molar-refractivity contribution in [2.75, 3.05) is 44.0 Å². The number of hydrogen-bond donors (Lipinski definition) is 2. The average Bonchev–Trinajstić information content (AvgIpc) is 3.20. The Morgan fingerprint density at radius 3 is 2.79 bits per heavy atom. The van der Waals surface area contributed by atoms with E-state index in [1.807, 2.05) is 38.2 Å². The van der Waals surface area contributed by atoms with Crippen LogP contribution >= 0.6 is 11.3 Å². The van der Waals surface area contributed by atoms with E-state index in [-0.39, 0.29) is 5.63 Å². The summed E-state index contributed by atoms with van der Waals surface area (Å²) >= 11 is 1.55. The van der Waals surface area contributed by atoms with Gasteiger partial charge in [0.25, 0.3) is 0 Å². The van der Waals surface area contributed by atoms with Gasteiger partial charge in [0.1, 0.15) is 5.58 Å². The Labute approximate surface area is 194 Å². The van der Waals surface area contributed by atoms with E-state index in [4.69, 9.17) is 9.15 Å². The summed E-state index contributed by atoms with van der Waals surface area (Å²) in [6.45, 7) is 5.77. The summed E-state index contributed by atoms with van der Waals surface area (Å²) in [7, 11) is 1.85. The minimum absolute atomic E-state index is 0.359. The highest BCUT2D eigenvalue weighted by Crippen LogP contribution is 2.32. The molecule has 170 valence electrons. The predicted molar refractivity (Wildman–Crippen MR) is 129 cm³/mol. The highest BCUT2D eigenvalue weighted by molar-refractivity contribution is 7.19. The molecule has 0 amide bonds. The molecule has 33 heavy (non-hydrogen) atoms. The van der Waals surface area contributed by atoms with Gasteiger partial charge in [0, 0.05) is 56.1 Å². The molecule has 1 aromatic carbocycles. The minimum Gasteiger partial charge on any atom is -0.423 e. The lowest BCUT2D eigenvalue weighted by Crippen LogP contribution is -2.35. The molecule has 3 aromatic heterocycles. The van der Waals surface area contributed by atoms with Crippen LogP contribution in [0.4, 0.5) is 16.8 Å². The van der Waals surface area contributed by atoms with Gasteiger partial charge in [-0.2, -0.15) is 0 Å². The third-order valence-electron chi connectivity index (χ3n) is 5.48. The normalized spacial score (nSPS) is 14.5. The van der Waals surface area contributed by atoms with Crippen LogP contribution in [0.15, 0.2) is 45.7 Å². The number of thiazole rings is 1. The zero-order valence-electron chi connectivity index (χ0n) is 18.4. The molecule has 0 bridgehead atoms. The lowest BCUT2D eigenvalue weighted by Gasteiger charge is -2.26. The fourth-order valence-corrected chi connectivity index (χ4v) is 4.74. The topological polar surface area (TPSA) is 105 Å². The van der Waals surface area contributed by atoms with Gasteiger partial charge in [-0.25, -0.2) is 19.7 Å². The summed E-state index contributed by atoms with van der Waals surface area (Å²) in [5.41, 5.74) is 3.57. The molecule has 2 N–H and O–H groups in total. The van der Waals surface area contributed by atoms with Crippen LogP contribution < -0.4 is 16.3 Å². The first-order valence-electron chi connectivity index (χ1n) is 10.7. The van der Waals surface area contributed by atoms with Crippen molar-refractivity contribution in [2.24, 2.45) is 0 Å². The molecule has 0 unspecified atom stereocenters. The van der Waals surface area contributed by atoms with E-state index in [9.17, 15) is 4.79 Å². The Kier molecular flexibility index (Phi) is 6.03. The van der Waals surface area contributed by atoms with Crippen LogP contribution in [0.5, 0.6) is 0 Å². The Morgan fingerprint density at radius 1 is 1.15 bits per heavy atom. The fraction of sp³-hybridized carbons (Fsp3) is 0.304. The predicted octanol–water partition coefficient (Wildman–Crippen LogP) is 3.63. The Hall–Kier alpha value is -3.34. The van der Waals surface area contributed by atoms with Gasteiger partial charge in [-0.05, 0) is 30.7 Å². The van der Waals surface area contributed by atoms with Crippen molar-refractivity contribution in [1.82, 2.24) is 19.9 Å². The number of fused-ring (bicyclic) bond motifs is 1. The van der Waals surface area contributed by atoms with Gasteiger partial charge < -0.3 is 19.8 Å². The zero-order valence-corrected chi connectivity index (χ0v) is 19.2. The van der Waals surface area contributed by atoms with Crippen molar-refractivity contribution in [3.63, 3.8) is 0 Å². The summed E-state index contributed by atoms with van der Waals surface area (Å²) < 4.78 is 10.9. The van der Waals surface area contributed by atoms with Crippen LogP contribution in [0.2, 0.25) is 0 Å². The van der Waals surface area contributed by atoms with Crippen LogP contribution in [0.3, 0.4) is 0 Å². The monoisotopic (exact) mass is 464 g/mol. The lowest BCUT2D eigenvalue weighted by molar-refractivity contribution is 0.0343. The molecular formula is C23H24N6O3S. The number of nitrogens with zero attached hydrogens (tertiary/aromatic N) is 4. The number of nitrogens with one attached hydrogen (secondary N) is 2. The van der Waals surface area contributed by atoms with Crippen LogP contribution in [-0.4, -0.2) is 53.2 Å². The van der Waals surface area contributed by atoms with Gasteiger partial charge >= 0.3 is 5.63 Å². The maximum Gasteiger partial charge on any atom is 0.336 e. The van der Waals surface area contributed by atoms with Crippen LogP contribution in [0, 0.1) is 6.92 Å². The summed E-state index contributed by atoms with van der Waals surface area (Å²) in [6.07, 6.45) is 1.71. The van der Waals surface area contributed by atoms with Crippen molar-refractivity contribution in [1.29, 1.82) is 0 Å². The smallest absolute Gasteiger partial charge is 0.336 e. The molecule has 1 aliphatic heterocycles. The molecule has 0 atom stereocenters. The highest BCUT2D eigenvalue weighted by Gasteiger charge is 2.15. The SMILES string of the molecule is CNc1nc(C)c(-c2ccnc(Nc3ccc4c(CN5CCOCC5)cc(=O)oc4c3)n2)s1. The number of rotatable bonds is 6. The van der Waals surface area contributed by atoms with Gasteiger partial charge in [-0.1, -0.05) is 11.3 Å². The lowest BCUT2D eigenvalue weighted by atomic mass is 10.1. The summed E-state index contributed by atoms with van der Waals surface area (Å²) in [6, 6.07) is 9.16. The van der Waals surface area contributed by atoms with E-state index in [1.165, 1.54) is 0 Å². The first-order valence-corrected chi connectivity index (χ1v) is 11.5. The fourth-order valence-electron chi connectivity index (χ4n) is 3.85. The molecule has 9 nitrogen and oxygen atoms in total. The summed E-state index contributed by atoms with van der Waals surface area (Å²) in [5.74, 6) is 0.456. The molecule has 0 saturated carbocycles. The average molecular weight is 465 g/mol. The highest BCUT2D eigenvalue weighted by atomic mass is 32.1.